The first-order valence-corrected chi connectivity index (χ1v) is 4.96. The van der Waals surface area contributed by atoms with Crippen molar-refractivity contribution in [3.63, 3.8) is 0 Å². The molecular weight excluding hydrogens is 230 g/mol. The summed E-state index contributed by atoms with van der Waals surface area (Å²) in [6.45, 7) is 0. The van der Waals surface area contributed by atoms with Gasteiger partial charge in [0.15, 0.2) is 0 Å². The van der Waals surface area contributed by atoms with Gasteiger partial charge < -0.3 is 4.98 Å². The predicted molar refractivity (Wildman–Crippen MR) is 60.2 cm³/mol. The van der Waals surface area contributed by atoms with E-state index in [4.69, 9.17) is 16.4 Å². The molecule has 2 heterocycles. The molecule has 2 aromatic heterocycles. The van der Waals surface area contributed by atoms with Gasteiger partial charge in [-0.15, -0.1) is 0 Å². The lowest BCUT2D eigenvalue weighted by Crippen LogP contribution is -2.25. The van der Waals surface area contributed by atoms with Crippen molar-refractivity contribution >= 4 is 28.5 Å². The third kappa shape index (κ3) is 1.64. The van der Waals surface area contributed by atoms with Crippen molar-refractivity contribution in [1.29, 1.82) is 0 Å². The molecule has 2 rings (SSSR count). The van der Waals surface area contributed by atoms with Gasteiger partial charge in [-0.1, -0.05) is 11.6 Å². The number of amides is 1. The number of carbonyl (C=O) groups is 1. The van der Waals surface area contributed by atoms with Crippen LogP contribution in [0.1, 0.15) is 10.4 Å². The number of halogens is 1. The van der Waals surface area contributed by atoms with Gasteiger partial charge in [0, 0.05) is 24.8 Å². The Morgan fingerprint density at radius 1 is 1.62 bits per heavy atom. The Morgan fingerprint density at radius 2 is 2.38 bits per heavy atom. The van der Waals surface area contributed by atoms with Gasteiger partial charge in [0.25, 0.3) is 5.91 Å². The van der Waals surface area contributed by atoms with E-state index in [9.17, 15) is 4.79 Å². The Hall–Kier alpha value is -1.59. The van der Waals surface area contributed by atoms with Gasteiger partial charge in [0.2, 0.25) is 0 Å². The Labute approximate surface area is 96.9 Å². The first-order valence-electron chi connectivity index (χ1n) is 4.59. The lowest BCUT2D eigenvalue weighted by atomic mass is 10.2. The molecule has 2 aromatic rings. The maximum Gasteiger partial charge on any atom is 0.280 e. The average Bonchev–Trinajstić information content (AvgIpc) is 2.76. The number of rotatable bonds is 2. The quantitative estimate of drug-likeness (QED) is 0.814. The van der Waals surface area contributed by atoms with Crippen LogP contribution < -0.4 is 0 Å². The smallest absolute Gasteiger partial charge is 0.280 e. The van der Waals surface area contributed by atoms with Crippen LogP contribution in [0.3, 0.4) is 0 Å². The number of hydrogen-bond donors (Lipinski definition) is 1. The Morgan fingerprint density at radius 3 is 3.06 bits per heavy atom. The summed E-state index contributed by atoms with van der Waals surface area (Å²) in [5.41, 5.74) is 0.972. The van der Waals surface area contributed by atoms with E-state index in [1.54, 1.807) is 12.3 Å². The maximum absolute atomic E-state index is 11.8. The normalized spacial score (nSPS) is 10.7. The van der Waals surface area contributed by atoms with Crippen molar-refractivity contribution in [3.8, 4) is 0 Å². The molecule has 1 N–H and O–H groups in total. The molecule has 16 heavy (non-hydrogen) atoms. The van der Waals surface area contributed by atoms with Crippen molar-refractivity contribution in [2.75, 3.05) is 14.2 Å². The van der Waals surface area contributed by atoms with E-state index in [1.807, 2.05) is 0 Å². The summed E-state index contributed by atoms with van der Waals surface area (Å²) >= 11 is 6.12. The van der Waals surface area contributed by atoms with E-state index in [-0.39, 0.29) is 5.91 Å². The van der Waals surface area contributed by atoms with Crippen molar-refractivity contribution in [3.05, 3.63) is 29.0 Å². The van der Waals surface area contributed by atoms with Crippen LogP contribution in [0, 0.1) is 0 Å². The number of H-pyrrole nitrogens is 1. The second-order valence-corrected chi connectivity index (χ2v) is 3.59. The molecule has 0 aliphatic heterocycles. The number of aromatic amines is 1. The van der Waals surface area contributed by atoms with Crippen molar-refractivity contribution in [2.24, 2.45) is 0 Å². The lowest BCUT2D eigenvalue weighted by Gasteiger charge is -2.14. The lowest BCUT2D eigenvalue weighted by molar-refractivity contribution is -0.0757. The zero-order valence-corrected chi connectivity index (χ0v) is 9.58. The van der Waals surface area contributed by atoms with E-state index in [2.05, 4.69) is 9.97 Å². The summed E-state index contributed by atoms with van der Waals surface area (Å²) in [6, 6.07) is 1.77. The molecule has 0 atom stereocenters. The number of fused-ring (bicyclic) bond motifs is 1. The highest BCUT2D eigenvalue weighted by molar-refractivity contribution is 6.38. The number of nitrogens with one attached hydrogen (secondary N) is 1. The van der Waals surface area contributed by atoms with Crippen molar-refractivity contribution in [2.45, 2.75) is 0 Å². The highest BCUT2D eigenvalue weighted by Crippen LogP contribution is 2.25. The SMILES string of the molecule is CON(C)C(=O)c1cnc2[nH]ccc2c1Cl. The molecule has 0 unspecified atom stereocenters. The third-order valence-corrected chi connectivity index (χ3v) is 2.72. The molecule has 0 saturated carbocycles. The first-order chi connectivity index (χ1) is 7.65. The number of pyridine rings is 1. The van der Waals surface area contributed by atoms with Crippen LogP contribution in [-0.2, 0) is 4.84 Å². The van der Waals surface area contributed by atoms with Crippen LogP contribution in [0.5, 0.6) is 0 Å². The molecule has 5 nitrogen and oxygen atoms in total. The van der Waals surface area contributed by atoms with Crippen LogP contribution in [-0.4, -0.2) is 35.1 Å². The molecule has 0 aromatic carbocycles. The summed E-state index contributed by atoms with van der Waals surface area (Å²) in [5.74, 6) is -0.330. The zero-order valence-electron chi connectivity index (χ0n) is 8.82. The van der Waals surface area contributed by atoms with Crippen molar-refractivity contribution < 1.29 is 9.63 Å². The minimum atomic E-state index is -0.330. The molecule has 0 saturated heterocycles. The monoisotopic (exact) mass is 239 g/mol. The van der Waals surface area contributed by atoms with Gasteiger partial charge in [0.05, 0.1) is 17.7 Å². The van der Waals surface area contributed by atoms with Crippen LogP contribution in [0.4, 0.5) is 0 Å². The van der Waals surface area contributed by atoms with E-state index in [0.29, 0.717) is 16.2 Å². The summed E-state index contributed by atoms with van der Waals surface area (Å²) in [5, 5.41) is 2.19. The van der Waals surface area contributed by atoms with Crippen molar-refractivity contribution in [1.82, 2.24) is 15.0 Å². The molecule has 0 spiro atoms. The van der Waals surface area contributed by atoms with Crippen LogP contribution in [0.25, 0.3) is 11.0 Å². The topological polar surface area (TPSA) is 58.2 Å². The van der Waals surface area contributed by atoms with Gasteiger partial charge in [0.1, 0.15) is 5.65 Å². The largest absolute Gasteiger partial charge is 0.346 e. The fourth-order valence-corrected chi connectivity index (χ4v) is 1.66. The molecular formula is C10H10ClN3O2. The highest BCUT2D eigenvalue weighted by atomic mass is 35.5. The Bertz CT molecular complexity index is 538. The van der Waals surface area contributed by atoms with E-state index in [1.165, 1.54) is 20.4 Å². The second-order valence-electron chi connectivity index (χ2n) is 3.21. The number of hydrogen-bond acceptors (Lipinski definition) is 3. The van der Waals surface area contributed by atoms with Gasteiger partial charge in [-0.3, -0.25) is 9.63 Å². The third-order valence-electron chi connectivity index (χ3n) is 2.31. The Kier molecular flexibility index (Phi) is 2.80. The van der Waals surface area contributed by atoms with E-state index >= 15 is 0 Å². The zero-order chi connectivity index (χ0) is 11.7. The van der Waals surface area contributed by atoms with Crippen LogP contribution in [0.15, 0.2) is 18.5 Å². The van der Waals surface area contributed by atoms with Crippen LogP contribution >= 0.6 is 11.6 Å². The average molecular weight is 240 g/mol. The number of carbonyl (C=O) groups excluding carboxylic acids is 1. The second kappa shape index (κ2) is 4.11. The minimum absolute atomic E-state index is 0.318. The van der Waals surface area contributed by atoms with E-state index in [0.717, 1.165) is 10.4 Å². The van der Waals surface area contributed by atoms with Gasteiger partial charge in [-0.2, -0.15) is 0 Å². The molecule has 0 aliphatic rings. The van der Waals surface area contributed by atoms with Crippen LogP contribution in [0.2, 0.25) is 5.02 Å². The van der Waals surface area contributed by atoms with Gasteiger partial charge >= 0.3 is 0 Å². The molecule has 0 fully saturated rings. The number of aromatic nitrogens is 2. The van der Waals surface area contributed by atoms with E-state index < -0.39 is 0 Å². The summed E-state index contributed by atoms with van der Waals surface area (Å²) in [4.78, 5) is 23.6. The fourth-order valence-electron chi connectivity index (χ4n) is 1.38. The molecule has 0 bridgehead atoms. The maximum atomic E-state index is 11.8. The standard InChI is InChI=1S/C10H10ClN3O2/c1-14(16-2)10(15)7-5-13-9-6(8(7)11)3-4-12-9/h3-5H,1-2H3,(H,12,13). The predicted octanol–water partition coefficient (Wildman–Crippen LogP) is 1.85. The molecule has 1 amide bonds. The summed E-state index contributed by atoms with van der Waals surface area (Å²) in [7, 11) is 2.92. The Balaban J connectivity index is 2.52. The fraction of sp³-hybridized carbons (Fsp3) is 0.200. The summed E-state index contributed by atoms with van der Waals surface area (Å²) < 4.78 is 0. The molecule has 6 heteroatoms. The molecule has 84 valence electrons. The highest BCUT2D eigenvalue weighted by Gasteiger charge is 2.17. The minimum Gasteiger partial charge on any atom is -0.346 e. The number of hydroxylamine groups is 2. The van der Waals surface area contributed by atoms with Gasteiger partial charge in [-0.25, -0.2) is 10.0 Å². The van der Waals surface area contributed by atoms with Gasteiger partial charge in [-0.05, 0) is 6.07 Å². The first kappa shape index (κ1) is 10.9. The molecule has 0 radical (unpaired) electrons. The molecule has 0 aliphatic carbocycles. The summed E-state index contributed by atoms with van der Waals surface area (Å²) in [6.07, 6.45) is 3.15. The number of nitrogens with zero attached hydrogens (tertiary/aromatic N) is 2.